The van der Waals surface area contributed by atoms with E-state index in [2.05, 4.69) is 0 Å². The van der Waals surface area contributed by atoms with Crippen LogP contribution in [0.4, 0.5) is 0 Å². The van der Waals surface area contributed by atoms with Gasteiger partial charge in [0, 0.05) is 58.9 Å². The number of para-hydroxylation sites is 1. The quantitative estimate of drug-likeness (QED) is 0.219. The van der Waals surface area contributed by atoms with Gasteiger partial charge in [0.15, 0.2) is 0 Å². The van der Waals surface area contributed by atoms with Crippen LogP contribution in [0.1, 0.15) is 0 Å². The number of hydrogen-bond acceptors (Lipinski definition) is 9. The molecule has 1 aromatic rings. The molecule has 0 spiro atoms. The average Bonchev–Trinajstić information content (AvgIpc) is 2.78. The largest absolute Gasteiger partial charge is 0.491 e. The van der Waals surface area contributed by atoms with E-state index in [-0.39, 0.29) is 52.4 Å². The second-order valence-electron chi connectivity index (χ2n) is 8.84. The van der Waals surface area contributed by atoms with Gasteiger partial charge in [0.05, 0.1) is 13.1 Å². The SMILES string of the molecule is O=C(O)CN1CCN(CC(O)COc2ccccc2)CCN(CC(=O)O)CCN(CP(=O)(O)O)CC1. The zero-order chi connectivity index (χ0) is 26.6. The minimum Gasteiger partial charge on any atom is -0.491 e. The summed E-state index contributed by atoms with van der Waals surface area (Å²) in [5, 5.41) is 29.2. The number of aliphatic hydroxyl groups is 1. The minimum atomic E-state index is -4.35. The standard InChI is InChI=1S/C22H37N4O9P/c27-19(17-35-20-4-2-1-3-5-20)14-23-6-8-24(15-21(28)29)10-12-26(18-36(32,33)34)13-11-25(9-7-23)16-22(30)31/h1-5,19,27H,6-18H2,(H,28,29)(H,30,31)(H2,32,33,34). The van der Waals surface area contributed by atoms with Crippen LogP contribution >= 0.6 is 7.60 Å². The molecule has 5 N–H and O–H groups in total. The van der Waals surface area contributed by atoms with Crippen molar-refractivity contribution >= 4 is 19.5 Å². The van der Waals surface area contributed by atoms with Gasteiger partial charge in [-0.15, -0.1) is 0 Å². The lowest BCUT2D eigenvalue weighted by Crippen LogP contribution is -2.49. The van der Waals surface area contributed by atoms with Crippen molar-refractivity contribution in [3.8, 4) is 5.75 Å². The summed E-state index contributed by atoms with van der Waals surface area (Å²) in [6.45, 7) is 2.32. The number of ether oxygens (including phenoxy) is 1. The Morgan fingerprint density at radius 1 is 0.806 bits per heavy atom. The van der Waals surface area contributed by atoms with Crippen molar-refractivity contribution in [2.75, 3.05) is 84.9 Å². The van der Waals surface area contributed by atoms with Crippen LogP contribution in [0.5, 0.6) is 5.75 Å². The first-order valence-electron chi connectivity index (χ1n) is 11.7. The number of β-amino-alcohol motifs (C(OH)–C–C–N with tert-alkyl or cyclic N) is 1. The molecule has 1 saturated heterocycles. The Labute approximate surface area is 210 Å². The molecule has 0 saturated carbocycles. The zero-order valence-corrected chi connectivity index (χ0v) is 21.2. The highest BCUT2D eigenvalue weighted by molar-refractivity contribution is 7.51. The molecule has 2 rings (SSSR count). The maximum absolute atomic E-state index is 11.6. The zero-order valence-electron chi connectivity index (χ0n) is 20.3. The van der Waals surface area contributed by atoms with Gasteiger partial charge in [-0.3, -0.25) is 33.8 Å². The average molecular weight is 533 g/mol. The highest BCUT2D eigenvalue weighted by Crippen LogP contribution is 2.34. The fraction of sp³-hybridized carbons (Fsp3) is 0.636. The highest BCUT2D eigenvalue weighted by Gasteiger charge is 2.24. The molecule has 0 radical (unpaired) electrons. The number of nitrogens with zero attached hydrogens (tertiary/aromatic N) is 4. The molecule has 1 heterocycles. The molecule has 14 heteroatoms. The van der Waals surface area contributed by atoms with E-state index < -0.39 is 31.9 Å². The molecule has 1 aromatic carbocycles. The third-order valence-corrected chi connectivity index (χ3v) is 6.45. The van der Waals surface area contributed by atoms with Crippen molar-refractivity contribution < 1.29 is 44.0 Å². The van der Waals surface area contributed by atoms with Gasteiger partial charge in [0.1, 0.15) is 24.7 Å². The van der Waals surface area contributed by atoms with Crippen molar-refractivity contribution in [3.05, 3.63) is 30.3 Å². The highest BCUT2D eigenvalue weighted by atomic mass is 31.2. The molecule has 36 heavy (non-hydrogen) atoms. The molecule has 1 fully saturated rings. The second kappa shape index (κ2) is 15.2. The number of rotatable bonds is 11. The predicted octanol–water partition coefficient (Wildman–Crippen LogP) is -1.05. The number of carboxylic acid groups (broad SMARTS) is 2. The summed E-state index contributed by atoms with van der Waals surface area (Å²) in [6, 6.07) is 9.08. The van der Waals surface area contributed by atoms with Gasteiger partial charge in [-0.1, -0.05) is 18.2 Å². The van der Waals surface area contributed by atoms with Gasteiger partial charge in [0.25, 0.3) is 0 Å². The molecule has 0 aromatic heterocycles. The maximum Gasteiger partial charge on any atom is 0.339 e. The summed E-state index contributed by atoms with van der Waals surface area (Å²) >= 11 is 0. The van der Waals surface area contributed by atoms with Crippen LogP contribution < -0.4 is 4.74 Å². The van der Waals surface area contributed by atoms with E-state index in [1.807, 2.05) is 23.1 Å². The van der Waals surface area contributed by atoms with Gasteiger partial charge in [0.2, 0.25) is 0 Å². The van der Waals surface area contributed by atoms with E-state index in [0.29, 0.717) is 31.9 Å². The summed E-state index contributed by atoms with van der Waals surface area (Å²) < 4.78 is 17.2. The van der Waals surface area contributed by atoms with E-state index in [1.165, 1.54) is 4.90 Å². The number of aliphatic hydroxyl groups excluding tert-OH is 1. The Morgan fingerprint density at radius 3 is 1.69 bits per heavy atom. The van der Waals surface area contributed by atoms with Gasteiger partial charge in [-0.25, -0.2) is 0 Å². The normalized spacial score (nSPS) is 19.2. The van der Waals surface area contributed by atoms with Gasteiger partial charge in [-0.05, 0) is 12.1 Å². The van der Waals surface area contributed by atoms with Gasteiger partial charge in [-0.2, -0.15) is 0 Å². The van der Waals surface area contributed by atoms with Crippen molar-refractivity contribution in [2.24, 2.45) is 0 Å². The van der Waals surface area contributed by atoms with Crippen LogP contribution in [-0.4, -0.2) is 148 Å². The van der Waals surface area contributed by atoms with Crippen molar-refractivity contribution in [1.29, 1.82) is 0 Å². The first-order chi connectivity index (χ1) is 17.0. The number of benzene rings is 1. The first kappa shape index (κ1) is 30.1. The van der Waals surface area contributed by atoms with Crippen LogP contribution in [0.15, 0.2) is 30.3 Å². The van der Waals surface area contributed by atoms with Crippen LogP contribution in [0.3, 0.4) is 0 Å². The topological polar surface area (TPSA) is 175 Å². The molecule has 1 unspecified atom stereocenters. The molecule has 0 amide bonds. The fourth-order valence-corrected chi connectivity index (χ4v) is 4.73. The van der Waals surface area contributed by atoms with Crippen molar-refractivity contribution in [2.45, 2.75) is 6.10 Å². The monoisotopic (exact) mass is 532 g/mol. The van der Waals surface area contributed by atoms with E-state index >= 15 is 0 Å². The summed E-state index contributed by atoms with van der Waals surface area (Å²) in [5.74, 6) is -1.40. The molecule has 1 atom stereocenters. The summed E-state index contributed by atoms with van der Waals surface area (Å²) in [4.78, 5) is 48.4. The van der Waals surface area contributed by atoms with Crippen molar-refractivity contribution in [1.82, 2.24) is 19.6 Å². The first-order valence-corrected chi connectivity index (χ1v) is 13.5. The molecular formula is C22H37N4O9P. The molecule has 0 bridgehead atoms. The minimum absolute atomic E-state index is 0.0650. The summed E-state index contributed by atoms with van der Waals surface area (Å²) in [5.41, 5.74) is 0. The molecule has 0 aliphatic carbocycles. The molecular weight excluding hydrogens is 495 g/mol. The number of hydrogen-bond donors (Lipinski definition) is 5. The third-order valence-electron chi connectivity index (χ3n) is 5.69. The molecule has 204 valence electrons. The van der Waals surface area contributed by atoms with Crippen LogP contribution in [0.25, 0.3) is 0 Å². The van der Waals surface area contributed by atoms with Crippen LogP contribution in [-0.2, 0) is 14.2 Å². The smallest absolute Gasteiger partial charge is 0.339 e. The lowest BCUT2D eigenvalue weighted by molar-refractivity contribution is -0.139. The number of carbonyl (C=O) groups is 2. The molecule has 13 nitrogen and oxygen atoms in total. The van der Waals surface area contributed by atoms with E-state index in [0.717, 1.165) is 0 Å². The number of carboxylic acids is 2. The van der Waals surface area contributed by atoms with E-state index in [4.69, 9.17) is 4.74 Å². The second-order valence-corrected chi connectivity index (χ2v) is 10.5. The summed E-state index contributed by atoms with van der Waals surface area (Å²) in [7, 11) is -4.35. The summed E-state index contributed by atoms with van der Waals surface area (Å²) in [6.07, 6.45) is -1.31. The van der Waals surface area contributed by atoms with E-state index in [9.17, 15) is 39.3 Å². The number of aliphatic carboxylic acids is 2. The Balaban J connectivity index is 2.08. The Kier molecular flexibility index (Phi) is 12.7. The van der Waals surface area contributed by atoms with Gasteiger partial charge >= 0.3 is 19.5 Å². The fourth-order valence-electron chi connectivity index (χ4n) is 3.92. The molecule has 1 aliphatic heterocycles. The van der Waals surface area contributed by atoms with Crippen LogP contribution in [0.2, 0.25) is 0 Å². The maximum atomic E-state index is 11.6. The Hall–Kier alpha value is -2.09. The third kappa shape index (κ3) is 13.3. The Morgan fingerprint density at radius 2 is 1.25 bits per heavy atom. The Bertz CT molecular complexity index is 825. The van der Waals surface area contributed by atoms with Crippen molar-refractivity contribution in [3.63, 3.8) is 0 Å². The van der Waals surface area contributed by atoms with Gasteiger partial charge < -0.3 is 29.8 Å². The van der Waals surface area contributed by atoms with Crippen LogP contribution in [0, 0.1) is 0 Å². The van der Waals surface area contributed by atoms with E-state index in [1.54, 1.807) is 21.9 Å². The lowest BCUT2D eigenvalue weighted by atomic mass is 10.3. The predicted molar refractivity (Wildman–Crippen MR) is 131 cm³/mol. The molecule has 1 aliphatic rings. The lowest BCUT2D eigenvalue weighted by Gasteiger charge is -2.34.